The molecule has 0 amide bonds. The fourth-order valence-electron chi connectivity index (χ4n) is 1.34. The van der Waals surface area contributed by atoms with E-state index in [1.165, 1.54) is 5.56 Å². The first-order valence-corrected chi connectivity index (χ1v) is 7.20. The van der Waals surface area contributed by atoms with Crippen LogP contribution in [0.4, 0.5) is 0 Å². The topological polar surface area (TPSA) is 18.5 Å². The molecule has 15 heavy (non-hydrogen) atoms. The summed E-state index contributed by atoms with van der Waals surface area (Å²) in [7, 11) is -0.377. The molecule has 0 unspecified atom stereocenters. The van der Waals surface area contributed by atoms with Crippen molar-refractivity contribution in [3.8, 4) is 0 Å². The first kappa shape index (κ1) is 12.4. The Hall–Kier alpha value is -0.643. The van der Waals surface area contributed by atoms with Crippen LogP contribution in [0.1, 0.15) is 18.9 Å². The molecule has 0 spiro atoms. The van der Waals surface area contributed by atoms with Crippen LogP contribution in [-0.4, -0.2) is 29.6 Å². The number of hydrogen-bond donors (Lipinski definition) is 0. The molecule has 0 atom stereocenters. The van der Waals surface area contributed by atoms with E-state index in [-0.39, 0.29) is 9.76 Å². The van der Waals surface area contributed by atoms with Crippen LogP contribution in [0, 0.1) is 0 Å². The van der Waals surface area contributed by atoms with Gasteiger partial charge in [-0.05, 0) is 25.0 Å². The van der Waals surface area contributed by atoms with Crippen LogP contribution in [0.15, 0.2) is 30.3 Å². The highest BCUT2D eigenvalue weighted by Gasteiger charge is 1.93. The quantitative estimate of drug-likeness (QED) is 0.494. The lowest BCUT2D eigenvalue weighted by atomic mass is 10.2. The van der Waals surface area contributed by atoms with Gasteiger partial charge in [-0.2, -0.15) is 0 Å². The van der Waals surface area contributed by atoms with Gasteiger partial charge in [0.1, 0.15) is 0 Å². The van der Waals surface area contributed by atoms with E-state index in [4.69, 9.17) is 9.16 Å². The zero-order valence-electron chi connectivity index (χ0n) is 9.45. The number of ether oxygens (including phenoxy) is 1. The van der Waals surface area contributed by atoms with Crippen molar-refractivity contribution in [2.45, 2.75) is 19.4 Å². The highest BCUT2D eigenvalue weighted by molar-refractivity contribution is 6.26. The van der Waals surface area contributed by atoms with Gasteiger partial charge in [-0.15, -0.1) is 0 Å². The van der Waals surface area contributed by atoms with Crippen LogP contribution in [0.3, 0.4) is 0 Å². The maximum atomic E-state index is 5.64. The third-order valence-corrected chi connectivity index (χ3v) is 3.52. The minimum Gasteiger partial charge on any atom is -0.424 e. The minimum atomic E-state index is -0.377. The SMILES string of the molecule is CCOCCCO[SiH2]Cc1ccccc1. The van der Waals surface area contributed by atoms with Crippen molar-refractivity contribution in [3.05, 3.63) is 35.9 Å². The summed E-state index contributed by atoms with van der Waals surface area (Å²) >= 11 is 0. The molecule has 0 aromatic heterocycles. The Balaban J connectivity index is 1.93. The second-order valence-electron chi connectivity index (χ2n) is 3.40. The zero-order chi connectivity index (χ0) is 10.8. The molecule has 0 heterocycles. The van der Waals surface area contributed by atoms with Crippen molar-refractivity contribution in [3.63, 3.8) is 0 Å². The molecule has 0 radical (unpaired) electrons. The Morgan fingerprint density at radius 1 is 1.13 bits per heavy atom. The van der Waals surface area contributed by atoms with Gasteiger partial charge in [0.05, 0.1) is 0 Å². The fraction of sp³-hybridized carbons (Fsp3) is 0.500. The van der Waals surface area contributed by atoms with E-state index >= 15 is 0 Å². The van der Waals surface area contributed by atoms with Crippen molar-refractivity contribution in [2.24, 2.45) is 0 Å². The molecule has 0 aliphatic carbocycles. The van der Waals surface area contributed by atoms with Gasteiger partial charge in [0.25, 0.3) is 0 Å². The van der Waals surface area contributed by atoms with Crippen molar-refractivity contribution in [2.75, 3.05) is 19.8 Å². The van der Waals surface area contributed by atoms with Crippen molar-refractivity contribution in [1.82, 2.24) is 0 Å². The summed E-state index contributed by atoms with van der Waals surface area (Å²) in [5, 5.41) is 0. The van der Waals surface area contributed by atoms with Crippen molar-refractivity contribution in [1.29, 1.82) is 0 Å². The standard InChI is InChI=1S/C12H20O2Si/c1-2-13-9-6-10-14-15-11-12-7-4-3-5-8-12/h3-5,7-8H,2,6,9-11,15H2,1H3. The maximum absolute atomic E-state index is 5.64. The molecule has 0 aliphatic heterocycles. The molecule has 0 bridgehead atoms. The molecule has 0 N–H and O–H groups in total. The molecule has 0 saturated heterocycles. The van der Waals surface area contributed by atoms with Crippen LogP contribution in [0.2, 0.25) is 0 Å². The summed E-state index contributed by atoms with van der Waals surface area (Å²) in [5.74, 6) is 0. The minimum absolute atomic E-state index is 0.377. The summed E-state index contributed by atoms with van der Waals surface area (Å²) in [6.07, 6.45) is 1.02. The summed E-state index contributed by atoms with van der Waals surface area (Å²) in [6, 6.07) is 11.7. The summed E-state index contributed by atoms with van der Waals surface area (Å²) in [6.45, 7) is 4.52. The average molecular weight is 224 g/mol. The first-order chi connectivity index (χ1) is 7.43. The molecule has 1 rings (SSSR count). The molecule has 3 heteroatoms. The molecular weight excluding hydrogens is 204 g/mol. The van der Waals surface area contributed by atoms with Crippen LogP contribution >= 0.6 is 0 Å². The molecule has 84 valence electrons. The van der Waals surface area contributed by atoms with Gasteiger partial charge in [-0.25, -0.2) is 0 Å². The smallest absolute Gasteiger partial charge is 0.165 e. The lowest BCUT2D eigenvalue weighted by Crippen LogP contribution is -2.06. The second-order valence-corrected chi connectivity index (χ2v) is 4.71. The number of hydrogen-bond acceptors (Lipinski definition) is 2. The van der Waals surface area contributed by atoms with E-state index < -0.39 is 0 Å². The van der Waals surface area contributed by atoms with Crippen molar-refractivity contribution < 1.29 is 9.16 Å². The molecule has 0 fully saturated rings. The van der Waals surface area contributed by atoms with Gasteiger partial charge in [-0.3, -0.25) is 0 Å². The highest BCUT2D eigenvalue weighted by Crippen LogP contribution is 1.98. The Morgan fingerprint density at radius 3 is 2.67 bits per heavy atom. The first-order valence-electron chi connectivity index (χ1n) is 5.63. The molecule has 0 saturated carbocycles. The molecular formula is C12H20O2Si. The lowest BCUT2D eigenvalue weighted by molar-refractivity contribution is 0.131. The number of benzene rings is 1. The van der Waals surface area contributed by atoms with Crippen LogP contribution in [0.25, 0.3) is 0 Å². The third kappa shape index (κ3) is 6.44. The van der Waals surface area contributed by atoms with Gasteiger partial charge >= 0.3 is 0 Å². The Morgan fingerprint density at radius 2 is 1.93 bits per heavy atom. The lowest BCUT2D eigenvalue weighted by Gasteiger charge is -2.04. The molecule has 0 aliphatic rings. The third-order valence-electron chi connectivity index (χ3n) is 2.16. The monoisotopic (exact) mass is 224 g/mol. The highest BCUT2D eigenvalue weighted by atomic mass is 28.2. The summed E-state index contributed by atoms with van der Waals surface area (Å²) < 4.78 is 10.9. The van der Waals surface area contributed by atoms with Crippen LogP contribution in [0.5, 0.6) is 0 Å². The van der Waals surface area contributed by atoms with E-state index in [0.29, 0.717) is 0 Å². The largest absolute Gasteiger partial charge is 0.424 e. The molecule has 2 nitrogen and oxygen atoms in total. The van der Waals surface area contributed by atoms with Crippen molar-refractivity contribution >= 4 is 9.76 Å². The van der Waals surface area contributed by atoms with E-state index in [9.17, 15) is 0 Å². The van der Waals surface area contributed by atoms with Gasteiger partial charge in [0.15, 0.2) is 9.76 Å². The van der Waals surface area contributed by atoms with Crippen LogP contribution < -0.4 is 0 Å². The summed E-state index contributed by atoms with van der Waals surface area (Å²) in [4.78, 5) is 0. The average Bonchev–Trinajstić information content (AvgIpc) is 2.29. The predicted octanol–water partition coefficient (Wildman–Crippen LogP) is 1.71. The van der Waals surface area contributed by atoms with Gasteiger partial charge < -0.3 is 9.16 Å². The van der Waals surface area contributed by atoms with Gasteiger partial charge in [0, 0.05) is 19.8 Å². The van der Waals surface area contributed by atoms with Gasteiger partial charge in [-0.1, -0.05) is 30.3 Å². The van der Waals surface area contributed by atoms with Gasteiger partial charge in [0.2, 0.25) is 0 Å². The second kappa shape index (κ2) is 8.65. The van der Waals surface area contributed by atoms with E-state index in [0.717, 1.165) is 32.3 Å². The maximum Gasteiger partial charge on any atom is 0.165 e. The Kier molecular flexibility index (Phi) is 7.16. The van der Waals surface area contributed by atoms with Crippen LogP contribution in [-0.2, 0) is 15.2 Å². The van der Waals surface area contributed by atoms with E-state index in [1.807, 2.05) is 13.0 Å². The van der Waals surface area contributed by atoms with E-state index in [1.54, 1.807) is 0 Å². The Bertz CT molecular complexity index is 239. The molecule has 1 aromatic rings. The molecule has 1 aromatic carbocycles. The normalized spacial score (nSPS) is 11.3. The zero-order valence-corrected chi connectivity index (χ0v) is 10.9. The number of rotatable bonds is 8. The fourth-order valence-corrected chi connectivity index (χ4v) is 2.47. The predicted molar refractivity (Wildman–Crippen MR) is 65.8 cm³/mol. The summed E-state index contributed by atoms with van der Waals surface area (Å²) in [5.41, 5.74) is 1.40. The Labute approximate surface area is 94.5 Å². The van der Waals surface area contributed by atoms with E-state index in [2.05, 4.69) is 24.3 Å².